The fourth-order valence-corrected chi connectivity index (χ4v) is 3.52. The second-order valence-electron chi connectivity index (χ2n) is 7.67. The predicted molar refractivity (Wildman–Crippen MR) is 134 cm³/mol. The van der Waals surface area contributed by atoms with E-state index in [4.69, 9.17) is 32.8 Å². The summed E-state index contributed by atoms with van der Waals surface area (Å²) >= 11 is 11.9. The second-order valence-corrected chi connectivity index (χ2v) is 8.49. The lowest BCUT2D eigenvalue weighted by atomic mass is 10.1. The van der Waals surface area contributed by atoms with E-state index < -0.39 is 17.7 Å². The molecule has 1 aromatic heterocycles. The summed E-state index contributed by atoms with van der Waals surface area (Å²) in [7, 11) is 0. The normalized spacial score (nSPS) is 11.2. The number of aromatic nitrogens is 1. The Bertz CT molecular complexity index is 1190. The third-order valence-corrected chi connectivity index (χ3v) is 5.67. The van der Waals surface area contributed by atoms with Crippen molar-refractivity contribution in [2.45, 2.75) is 39.4 Å². The Morgan fingerprint density at radius 1 is 1.06 bits per heavy atom. The largest absolute Gasteiger partial charge is 0.439 e. The Morgan fingerprint density at radius 2 is 1.83 bits per heavy atom. The molecule has 0 atom stereocenters. The Hall–Kier alpha value is -3.17. The third-order valence-electron chi connectivity index (χ3n) is 4.93. The zero-order valence-corrected chi connectivity index (χ0v) is 21.0. The minimum atomic E-state index is -4.70. The first-order valence-electron chi connectivity index (χ1n) is 11.1. The molecular weight excluding hydrogens is 518 g/mol. The molecule has 11 heteroatoms. The van der Waals surface area contributed by atoms with E-state index in [0.717, 1.165) is 16.7 Å². The molecule has 2 aromatic carbocycles. The van der Waals surface area contributed by atoms with Gasteiger partial charge in [0, 0.05) is 19.0 Å². The maximum atomic E-state index is 13.8. The molecule has 1 N–H and O–H groups in total. The van der Waals surface area contributed by atoms with Crippen LogP contribution in [0.2, 0.25) is 10.0 Å². The van der Waals surface area contributed by atoms with Crippen molar-refractivity contribution in [3.8, 4) is 11.6 Å². The van der Waals surface area contributed by atoms with E-state index in [0.29, 0.717) is 28.7 Å². The SMILES string of the molecule is CCCC(=O)ON(CC)c1ccc(Oc2ccc(NCc3ccc(Cl)c(Cl)c3)cn2)cc1C(F)(F)F. The molecule has 0 aliphatic heterocycles. The number of rotatable bonds is 10. The van der Waals surface area contributed by atoms with Crippen molar-refractivity contribution in [2.75, 3.05) is 16.9 Å². The Morgan fingerprint density at radius 3 is 2.44 bits per heavy atom. The molecule has 0 saturated carbocycles. The van der Waals surface area contributed by atoms with E-state index in [1.165, 1.54) is 24.4 Å². The predicted octanol–water partition coefficient (Wildman–Crippen LogP) is 7.90. The van der Waals surface area contributed by atoms with Gasteiger partial charge in [-0.2, -0.15) is 13.2 Å². The molecule has 0 spiro atoms. The lowest BCUT2D eigenvalue weighted by molar-refractivity contribution is -0.147. The minimum absolute atomic E-state index is 0.0387. The van der Waals surface area contributed by atoms with Crippen LogP contribution in [0.25, 0.3) is 0 Å². The number of hydroxylamine groups is 1. The Kier molecular flexibility index (Phi) is 9.28. The highest BCUT2D eigenvalue weighted by Crippen LogP contribution is 2.39. The Labute approximate surface area is 216 Å². The van der Waals surface area contributed by atoms with Gasteiger partial charge in [0.15, 0.2) is 0 Å². The van der Waals surface area contributed by atoms with Crippen LogP contribution in [-0.2, 0) is 22.4 Å². The van der Waals surface area contributed by atoms with Crippen molar-refractivity contribution in [3.05, 3.63) is 75.9 Å². The average Bonchev–Trinajstić information content (AvgIpc) is 2.84. The van der Waals surface area contributed by atoms with Crippen molar-refractivity contribution in [1.29, 1.82) is 0 Å². The fraction of sp³-hybridized carbons (Fsp3) is 0.280. The van der Waals surface area contributed by atoms with Crippen LogP contribution < -0.4 is 15.1 Å². The number of carbonyl (C=O) groups excluding carboxylic acids is 1. The topological polar surface area (TPSA) is 63.7 Å². The van der Waals surface area contributed by atoms with Crippen molar-refractivity contribution in [2.24, 2.45) is 0 Å². The summed E-state index contributed by atoms with van der Waals surface area (Å²) in [5.74, 6) is -0.562. The summed E-state index contributed by atoms with van der Waals surface area (Å²) in [5.41, 5.74) is 0.306. The van der Waals surface area contributed by atoms with Gasteiger partial charge < -0.3 is 14.9 Å². The van der Waals surface area contributed by atoms with Crippen LogP contribution in [0.15, 0.2) is 54.7 Å². The zero-order chi connectivity index (χ0) is 26.3. The molecule has 0 amide bonds. The van der Waals surface area contributed by atoms with Crippen LogP contribution in [0.1, 0.15) is 37.8 Å². The number of nitrogens with one attached hydrogen (secondary N) is 1. The smallest absolute Gasteiger partial charge is 0.418 e. The summed E-state index contributed by atoms with van der Waals surface area (Å²) in [6.07, 6.45) is -2.59. The summed E-state index contributed by atoms with van der Waals surface area (Å²) in [5, 5.41) is 5.00. The minimum Gasteiger partial charge on any atom is -0.439 e. The highest BCUT2D eigenvalue weighted by Gasteiger charge is 2.36. The van der Waals surface area contributed by atoms with Crippen molar-refractivity contribution >= 4 is 40.5 Å². The van der Waals surface area contributed by atoms with Gasteiger partial charge >= 0.3 is 12.1 Å². The molecule has 3 rings (SSSR count). The van der Waals surface area contributed by atoms with Gasteiger partial charge in [-0.05, 0) is 55.3 Å². The molecular formula is C25H24Cl2F3N3O3. The number of alkyl halides is 3. The van der Waals surface area contributed by atoms with Crippen molar-refractivity contribution in [1.82, 2.24) is 4.98 Å². The first kappa shape index (κ1) is 27.4. The lowest BCUT2D eigenvalue weighted by Gasteiger charge is -2.25. The number of benzene rings is 2. The summed E-state index contributed by atoms with van der Waals surface area (Å²) in [6.45, 7) is 3.87. The first-order valence-corrected chi connectivity index (χ1v) is 11.9. The van der Waals surface area contributed by atoms with Crippen molar-refractivity contribution in [3.63, 3.8) is 0 Å². The van der Waals surface area contributed by atoms with Crippen LogP contribution in [0.5, 0.6) is 11.6 Å². The maximum absolute atomic E-state index is 13.8. The van der Waals surface area contributed by atoms with E-state index in [-0.39, 0.29) is 30.3 Å². The molecule has 6 nitrogen and oxygen atoms in total. The highest BCUT2D eigenvalue weighted by atomic mass is 35.5. The fourth-order valence-electron chi connectivity index (χ4n) is 3.20. The number of hydrogen-bond acceptors (Lipinski definition) is 6. The number of nitrogens with zero attached hydrogens (tertiary/aromatic N) is 2. The number of ether oxygens (including phenoxy) is 1. The van der Waals surface area contributed by atoms with E-state index in [2.05, 4.69) is 10.3 Å². The van der Waals surface area contributed by atoms with E-state index in [9.17, 15) is 18.0 Å². The molecule has 0 unspecified atom stereocenters. The second kappa shape index (κ2) is 12.2. The standard InChI is InChI=1S/C25H24Cl2F3N3O3/c1-3-5-24(34)36-33(4-2)22-10-8-18(13-19(22)25(28,29)30)35-23-11-7-17(15-32-23)31-14-16-6-9-20(26)21(27)12-16/h6-13,15,31H,3-5,14H2,1-2H3. The molecule has 1 heterocycles. The van der Waals surface area contributed by atoms with Gasteiger partial charge in [0.2, 0.25) is 5.88 Å². The number of hydrogen-bond donors (Lipinski definition) is 1. The number of carbonyl (C=O) groups is 1. The molecule has 0 saturated heterocycles. The zero-order valence-electron chi connectivity index (χ0n) is 19.5. The van der Waals surface area contributed by atoms with Gasteiger partial charge in [0.25, 0.3) is 0 Å². The van der Waals surface area contributed by atoms with Gasteiger partial charge in [-0.3, -0.25) is 0 Å². The maximum Gasteiger partial charge on any atom is 0.418 e. The summed E-state index contributed by atoms with van der Waals surface area (Å²) in [6, 6.07) is 11.9. The number of pyridine rings is 1. The van der Waals surface area contributed by atoms with Crippen LogP contribution in [0, 0.1) is 0 Å². The van der Waals surface area contributed by atoms with Crippen LogP contribution >= 0.6 is 23.2 Å². The molecule has 0 radical (unpaired) electrons. The molecule has 192 valence electrons. The highest BCUT2D eigenvalue weighted by molar-refractivity contribution is 6.42. The van der Waals surface area contributed by atoms with E-state index in [1.54, 1.807) is 32.0 Å². The van der Waals surface area contributed by atoms with Crippen LogP contribution in [0.3, 0.4) is 0 Å². The van der Waals surface area contributed by atoms with E-state index in [1.807, 2.05) is 6.07 Å². The third kappa shape index (κ3) is 7.41. The molecule has 0 aliphatic rings. The average molecular weight is 542 g/mol. The molecule has 0 fully saturated rings. The molecule has 3 aromatic rings. The molecule has 36 heavy (non-hydrogen) atoms. The number of anilines is 2. The van der Waals surface area contributed by atoms with Gasteiger partial charge in [0.05, 0.1) is 39.7 Å². The van der Waals surface area contributed by atoms with Gasteiger partial charge in [-0.1, -0.05) is 36.2 Å². The van der Waals surface area contributed by atoms with Crippen molar-refractivity contribution < 1.29 is 27.5 Å². The quantitative estimate of drug-likeness (QED) is 0.263. The van der Waals surface area contributed by atoms with Crippen LogP contribution in [-0.4, -0.2) is 17.5 Å². The lowest BCUT2D eigenvalue weighted by Crippen LogP contribution is -2.29. The summed E-state index contributed by atoms with van der Waals surface area (Å²) < 4.78 is 47.0. The monoisotopic (exact) mass is 541 g/mol. The van der Waals surface area contributed by atoms with Gasteiger partial charge in [-0.25, -0.2) is 14.8 Å². The first-order chi connectivity index (χ1) is 17.1. The summed E-state index contributed by atoms with van der Waals surface area (Å²) in [4.78, 5) is 21.1. The van der Waals surface area contributed by atoms with Crippen LogP contribution in [0.4, 0.5) is 24.5 Å². The molecule has 0 bridgehead atoms. The van der Waals surface area contributed by atoms with Gasteiger partial charge in [0.1, 0.15) is 5.75 Å². The number of halogens is 5. The Balaban J connectivity index is 1.72. The molecule has 0 aliphatic carbocycles. The van der Waals surface area contributed by atoms with Gasteiger partial charge in [-0.15, -0.1) is 0 Å². The van der Waals surface area contributed by atoms with E-state index >= 15 is 0 Å².